The van der Waals surface area contributed by atoms with Crippen molar-refractivity contribution in [2.75, 3.05) is 0 Å². The fourth-order valence-corrected chi connectivity index (χ4v) is 3.74. The second kappa shape index (κ2) is 13.3. The van der Waals surface area contributed by atoms with Crippen molar-refractivity contribution in [1.29, 1.82) is 0 Å². The Hall–Kier alpha value is -1.05. The first-order chi connectivity index (χ1) is 13.4. The second-order valence-electron chi connectivity index (χ2n) is 7.03. The number of benzene rings is 2. The van der Waals surface area contributed by atoms with Crippen LogP contribution in [0.5, 0.6) is 17.2 Å². The van der Waals surface area contributed by atoms with E-state index in [9.17, 15) is 18.1 Å². The van der Waals surface area contributed by atoms with Crippen molar-refractivity contribution in [2.45, 2.75) is 69.6 Å². The van der Waals surface area contributed by atoms with Crippen LogP contribution in [0.3, 0.4) is 0 Å². The summed E-state index contributed by atoms with van der Waals surface area (Å²) in [6.07, 6.45) is 10.7. The monoisotopic (exact) mass is 428 g/mol. The Morgan fingerprint density at radius 2 is 1.52 bits per heavy atom. The molecular formula is C22H29NaO5S. The molecule has 0 bridgehead atoms. The van der Waals surface area contributed by atoms with Gasteiger partial charge in [0.2, 0.25) is 0 Å². The van der Waals surface area contributed by atoms with E-state index in [1.54, 1.807) is 12.1 Å². The molecule has 1 N–H and O–H groups in total. The second-order valence-corrected chi connectivity index (χ2v) is 8.42. The van der Waals surface area contributed by atoms with Crippen LogP contribution in [0.2, 0.25) is 0 Å². The summed E-state index contributed by atoms with van der Waals surface area (Å²) in [7, 11) is -4.43. The Kier molecular flexibility index (Phi) is 11.9. The Bertz CT molecular complexity index is 852. The summed E-state index contributed by atoms with van der Waals surface area (Å²) >= 11 is 0. The van der Waals surface area contributed by atoms with E-state index in [1.165, 1.54) is 62.8 Å². The molecule has 0 aliphatic carbocycles. The molecule has 0 aliphatic heterocycles. The van der Waals surface area contributed by atoms with E-state index in [-0.39, 0.29) is 51.7 Å². The molecule has 0 saturated carbocycles. The molecule has 154 valence electrons. The molecule has 0 fully saturated rings. The normalized spacial score (nSPS) is 11.1. The maximum Gasteiger partial charge on any atom is 1.00 e. The Morgan fingerprint density at radius 1 is 0.897 bits per heavy atom. The van der Waals surface area contributed by atoms with Crippen molar-refractivity contribution in [3.63, 3.8) is 0 Å². The molecule has 0 atom stereocenters. The summed E-state index contributed by atoms with van der Waals surface area (Å²) in [4.78, 5) is -0.364. The number of rotatable bonds is 12. The maximum atomic E-state index is 12.3. The molecule has 0 spiro atoms. The van der Waals surface area contributed by atoms with Gasteiger partial charge in [-0.25, -0.2) is 0 Å². The molecule has 29 heavy (non-hydrogen) atoms. The van der Waals surface area contributed by atoms with Gasteiger partial charge in [-0.3, -0.25) is 4.55 Å². The minimum atomic E-state index is -4.43. The third kappa shape index (κ3) is 9.09. The van der Waals surface area contributed by atoms with Crippen LogP contribution in [-0.2, 0) is 16.5 Å². The molecule has 0 aliphatic rings. The fraction of sp³-hybridized carbons (Fsp3) is 0.455. The van der Waals surface area contributed by atoms with Gasteiger partial charge in [0.15, 0.2) is 0 Å². The average Bonchev–Trinajstić information content (AvgIpc) is 2.65. The predicted molar refractivity (Wildman–Crippen MR) is 109 cm³/mol. The van der Waals surface area contributed by atoms with Crippen LogP contribution >= 0.6 is 0 Å². The van der Waals surface area contributed by atoms with Crippen LogP contribution in [0.1, 0.15) is 63.9 Å². The quantitative estimate of drug-likeness (QED) is 0.319. The third-order valence-corrected chi connectivity index (χ3v) is 5.57. The summed E-state index contributed by atoms with van der Waals surface area (Å²) < 4.78 is 37.6. The molecule has 7 heteroatoms. The molecule has 5 nitrogen and oxygen atoms in total. The first-order valence-corrected chi connectivity index (χ1v) is 11.4. The first-order valence-electron chi connectivity index (χ1n) is 9.96. The largest absolute Gasteiger partial charge is 1.00 e. The topological polar surface area (TPSA) is 86.7 Å². The minimum Gasteiger partial charge on any atom is -0.870 e. The number of hydrogen-bond donors (Lipinski definition) is 1. The van der Waals surface area contributed by atoms with Crippen molar-refractivity contribution in [3.05, 3.63) is 48.0 Å². The van der Waals surface area contributed by atoms with Crippen LogP contribution < -0.4 is 39.4 Å². The van der Waals surface area contributed by atoms with Gasteiger partial charge in [0.25, 0.3) is 10.1 Å². The van der Waals surface area contributed by atoms with Gasteiger partial charge in [-0.2, -0.15) is 8.42 Å². The number of ether oxygens (including phenoxy) is 1. The first kappa shape index (κ1) is 26.0. The van der Waals surface area contributed by atoms with Gasteiger partial charge >= 0.3 is 29.6 Å². The van der Waals surface area contributed by atoms with Crippen LogP contribution in [0.4, 0.5) is 0 Å². The van der Waals surface area contributed by atoms with E-state index >= 15 is 0 Å². The van der Waals surface area contributed by atoms with Gasteiger partial charge in [0.05, 0.1) is 0 Å². The smallest absolute Gasteiger partial charge is 0.870 e. The van der Waals surface area contributed by atoms with Crippen LogP contribution in [-0.4, -0.2) is 13.0 Å². The zero-order valence-electron chi connectivity index (χ0n) is 17.4. The Morgan fingerprint density at radius 3 is 2.14 bits per heavy atom. The van der Waals surface area contributed by atoms with Gasteiger partial charge in [0, 0.05) is 0 Å². The summed E-state index contributed by atoms with van der Waals surface area (Å²) in [6.45, 7) is 2.22. The summed E-state index contributed by atoms with van der Waals surface area (Å²) in [5, 5.41) is 12.3. The Balaban J connectivity index is 0.00000420. The molecule has 0 aromatic heterocycles. The zero-order chi connectivity index (χ0) is 20.4. The minimum absolute atomic E-state index is 0. The van der Waals surface area contributed by atoms with Gasteiger partial charge in [-0.05, 0) is 36.6 Å². The van der Waals surface area contributed by atoms with Gasteiger partial charge in [-0.15, -0.1) is 0 Å². The van der Waals surface area contributed by atoms with Crippen molar-refractivity contribution < 1.29 is 52.4 Å². The Labute approximate surface area is 196 Å². The summed E-state index contributed by atoms with van der Waals surface area (Å²) in [5.41, 5.74) is 0.950. The fourth-order valence-electron chi connectivity index (χ4n) is 3.12. The average molecular weight is 429 g/mol. The zero-order valence-corrected chi connectivity index (χ0v) is 20.2. The SMILES string of the molecule is CCCCCCCCCCc1ccc(Oc2ccccc2S(=O)(=O)O)c([O-])c1.[Na+]. The number of aryl methyl sites for hydroxylation is 1. The van der Waals surface area contributed by atoms with Crippen molar-refractivity contribution >= 4 is 10.1 Å². The molecule has 2 aromatic rings. The van der Waals surface area contributed by atoms with Crippen molar-refractivity contribution in [2.24, 2.45) is 0 Å². The number of para-hydroxylation sites is 1. The van der Waals surface area contributed by atoms with Gasteiger partial charge in [0.1, 0.15) is 16.4 Å². The third-order valence-electron chi connectivity index (χ3n) is 4.67. The van der Waals surface area contributed by atoms with E-state index in [1.807, 2.05) is 6.07 Å². The van der Waals surface area contributed by atoms with Crippen LogP contribution in [0.15, 0.2) is 47.4 Å². The van der Waals surface area contributed by atoms with Gasteiger partial charge in [-0.1, -0.05) is 81.9 Å². The molecule has 0 saturated heterocycles. The van der Waals surface area contributed by atoms with E-state index in [4.69, 9.17) is 4.74 Å². The van der Waals surface area contributed by atoms with Gasteiger partial charge < -0.3 is 9.84 Å². The molecule has 2 rings (SSSR count). The molecule has 0 heterocycles. The molecule has 2 aromatic carbocycles. The number of hydrogen-bond acceptors (Lipinski definition) is 4. The predicted octanol–water partition coefficient (Wildman–Crippen LogP) is 2.49. The molecular weight excluding hydrogens is 399 g/mol. The summed E-state index contributed by atoms with van der Waals surface area (Å²) in [6, 6.07) is 10.6. The van der Waals surface area contributed by atoms with Crippen molar-refractivity contribution in [1.82, 2.24) is 0 Å². The van der Waals surface area contributed by atoms with E-state index in [0.717, 1.165) is 24.8 Å². The summed E-state index contributed by atoms with van der Waals surface area (Å²) in [5.74, 6) is -0.337. The molecule has 0 unspecified atom stereocenters. The van der Waals surface area contributed by atoms with Crippen molar-refractivity contribution in [3.8, 4) is 17.2 Å². The maximum absolute atomic E-state index is 12.3. The molecule has 0 amide bonds. The van der Waals surface area contributed by atoms with Crippen LogP contribution in [0.25, 0.3) is 0 Å². The van der Waals surface area contributed by atoms with E-state index in [2.05, 4.69) is 6.92 Å². The molecule has 0 radical (unpaired) electrons. The van der Waals surface area contributed by atoms with Crippen LogP contribution in [0, 0.1) is 0 Å². The van der Waals surface area contributed by atoms with E-state index in [0.29, 0.717) is 0 Å². The standard InChI is InChI=1S/C22H30O5S.Na/c1-2-3-4-5-6-7-8-9-12-18-15-16-20(19(23)17-18)27-21-13-10-11-14-22(21)28(24,25)26;/h10-11,13-17,23H,2-9,12H2,1H3,(H,24,25,26);/q;+1/p-1. The number of unbranched alkanes of at least 4 members (excludes halogenated alkanes) is 7. The van der Waals surface area contributed by atoms with E-state index < -0.39 is 10.1 Å².